The quantitative estimate of drug-likeness (QED) is 0.276. The normalized spacial score (nSPS) is 28.9. The van der Waals surface area contributed by atoms with Crippen molar-refractivity contribution in [1.29, 1.82) is 0 Å². The number of amides is 1. The van der Waals surface area contributed by atoms with Gasteiger partial charge in [-0.2, -0.15) is 0 Å². The van der Waals surface area contributed by atoms with Crippen LogP contribution in [0.3, 0.4) is 0 Å². The fourth-order valence-corrected chi connectivity index (χ4v) is 6.72. The number of esters is 1. The molecule has 1 amide bonds. The molecular weight excluding hydrogens is 520 g/mol. The number of methoxy groups -OCH3 is 2. The second-order valence-electron chi connectivity index (χ2n) is 10.4. The van der Waals surface area contributed by atoms with Gasteiger partial charge in [0, 0.05) is 45.9 Å². The first-order valence-corrected chi connectivity index (χ1v) is 13.0. The van der Waals surface area contributed by atoms with Crippen LogP contribution >= 0.6 is 0 Å². The van der Waals surface area contributed by atoms with Gasteiger partial charge < -0.3 is 19.1 Å². The van der Waals surface area contributed by atoms with E-state index in [1.54, 1.807) is 18.9 Å². The first-order chi connectivity index (χ1) is 19.0. The zero-order chi connectivity index (χ0) is 29.2. The summed E-state index contributed by atoms with van der Waals surface area (Å²) in [5.41, 5.74) is 1.02. The van der Waals surface area contributed by atoms with Crippen LogP contribution in [0.5, 0.6) is 0 Å². The molecule has 1 saturated heterocycles. The number of hydrogen-bond acceptors (Lipinski definition) is 10. The number of carbonyl (C=O) groups excluding carboxylic acids is 6. The summed E-state index contributed by atoms with van der Waals surface area (Å²) in [4.78, 5) is 83.9. The largest absolute Gasteiger partial charge is 0.492 e. The molecule has 0 aromatic rings. The molecule has 0 saturated carbocycles. The molecule has 3 aliphatic heterocycles. The summed E-state index contributed by atoms with van der Waals surface area (Å²) in [7, 11) is 4.32. The second-order valence-corrected chi connectivity index (χ2v) is 10.4. The minimum atomic E-state index is -1.10. The smallest absolute Gasteiger partial charge is 0.330 e. The Kier molecular flexibility index (Phi) is 6.73. The van der Waals surface area contributed by atoms with Crippen molar-refractivity contribution in [2.24, 2.45) is 0 Å². The average molecular weight is 551 g/mol. The lowest BCUT2D eigenvalue weighted by Crippen LogP contribution is -2.73. The molecule has 0 spiro atoms. The fraction of sp³-hybridized carbons (Fsp3) is 0.448. The van der Waals surface area contributed by atoms with Gasteiger partial charge in [0.1, 0.15) is 6.61 Å². The highest BCUT2D eigenvalue weighted by Gasteiger charge is 2.59. The van der Waals surface area contributed by atoms with E-state index in [0.717, 1.165) is 0 Å². The van der Waals surface area contributed by atoms with Crippen LogP contribution in [-0.4, -0.2) is 96.9 Å². The van der Waals surface area contributed by atoms with Crippen LogP contribution in [0.4, 0.5) is 0 Å². The molecule has 11 heteroatoms. The summed E-state index contributed by atoms with van der Waals surface area (Å²) >= 11 is 0. The molecular formula is C29H30N2O9. The van der Waals surface area contributed by atoms with Crippen molar-refractivity contribution in [3.63, 3.8) is 0 Å². The summed E-state index contributed by atoms with van der Waals surface area (Å²) in [6.07, 6.45) is 2.66. The van der Waals surface area contributed by atoms with Crippen LogP contribution in [0.2, 0.25) is 0 Å². The number of ketones is 4. The summed E-state index contributed by atoms with van der Waals surface area (Å²) in [5, 5.41) is 0. The number of hydrogen-bond donors (Lipinski definition) is 0. The summed E-state index contributed by atoms with van der Waals surface area (Å²) in [5.74, 6) is -3.02. The first-order valence-electron chi connectivity index (χ1n) is 13.0. The van der Waals surface area contributed by atoms with Gasteiger partial charge in [-0.3, -0.25) is 28.9 Å². The number of rotatable bonds is 5. The molecule has 0 aromatic carbocycles. The predicted molar refractivity (Wildman–Crippen MR) is 138 cm³/mol. The number of allylic oxidation sites excluding steroid dienone is 5. The van der Waals surface area contributed by atoms with E-state index in [0.29, 0.717) is 0 Å². The summed E-state index contributed by atoms with van der Waals surface area (Å²) in [6.45, 7) is 4.27. The van der Waals surface area contributed by atoms with Crippen LogP contribution in [0, 0.1) is 0 Å². The maximum atomic E-state index is 14.1. The number of Topliss-reactive ketones (excluding diaryl/α,β-unsaturated/α-hetero) is 4. The predicted octanol–water partition coefficient (Wildman–Crippen LogP) is 0.899. The van der Waals surface area contributed by atoms with Gasteiger partial charge >= 0.3 is 5.97 Å². The maximum Gasteiger partial charge on any atom is 0.330 e. The van der Waals surface area contributed by atoms with Crippen molar-refractivity contribution in [3.8, 4) is 0 Å². The molecule has 2 bridgehead atoms. The molecule has 1 fully saturated rings. The van der Waals surface area contributed by atoms with E-state index in [1.165, 1.54) is 45.1 Å². The highest BCUT2D eigenvalue weighted by molar-refractivity contribution is 6.26. The van der Waals surface area contributed by atoms with Gasteiger partial charge in [0.25, 0.3) is 0 Å². The molecule has 5 aliphatic rings. The zero-order valence-corrected chi connectivity index (χ0v) is 23.2. The highest BCUT2D eigenvalue weighted by Crippen LogP contribution is 2.47. The van der Waals surface area contributed by atoms with E-state index in [-0.39, 0.29) is 76.1 Å². The fourth-order valence-electron chi connectivity index (χ4n) is 6.72. The minimum absolute atomic E-state index is 0.00448. The number of ether oxygens (including phenoxy) is 3. The molecule has 11 nitrogen and oxygen atoms in total. The lowest BCUT2D eigenvalue weighted by molar-refractivity contribution is -0.158. The Morgan fingerprint density at radius 2 is 1.43 bits per heavy atom. The van der Waals surface area contributed by atoms with Crippen LogP contribution in [-0.2, 0) is 43.0 Å². The van der Waals surface area contributed by atoms with Gasteiger partial charge in [0.2, 0.25) is 17.5 Å². The third-order valence-corrected chi connectivity index (χ3v) is 8.52. The van der Waals surface area contributed by atoms with Gasteiger partial charge in [-0.15, -0.1) is 0 Å². The van der Waals surface area contributed by atoms with Gasteiger partial charge in [0.15, 0.2) is 23.1 Å². The Morgan fingerprint density at radius 1 is 0.875 bits per heavy atom. The lowest BCUT2D eigenvalue weighted by atomic mass is 9.69. The maximum absolute atomic E-state index is 14.1. The third kappa shape index (κ3) is 3.67. The minimum Gasteiger partial charge on any atom is -0.492 e. The molecule has 0 unspecified atom stereocenters. The molecule has 0 N–H and O–H groups in total. The standard InChI is InChI=1S/C29H30N2O9/c1-7-8-19(32)40-11-18-20-14(23(33)12(2)27(38-5)25(20)35)9-16-22-21-15(10-17(30(22)4)29(37)31(16)18)24(34)13(3)28(39-6)26(21)36/h7-8,16-18,22H,9-11H2,1-6H3/b8-7+/t16-,17-,18-,22-/m0/s1. The van der Waals surface area contributed by atoms with Crippen molar-refractivity contribution in [3.05, 3.63) is 57.1 Å². The Morgan fingerprint density at radius 3 is 1.98 bits per heavy atom. The van der Waals surface area contributed by atoms with Crippen molar-refractivity contribution in [2.75, 3.05) is 27.9 Å². The van der Waals surface area contributed by atoms with E-state index in [1.807, 2.05) is 0 Å². The van der Waals surface area contributed by atoms with Crippen molar-refractivity contribution in [1.82, 2.24) is 9.80 Å². The Hall–Kier alpha value is -4.12. The van der Waals surface area contributed by atoms with E-state index < -0.39 is 47.5 Å². The number of nitrogens with zero attached hydrogens (tertiary/aromatic N) is 2. The number of piperazine rings is 1. The van der Waals surface area contributed by atoms with E-state index in [2.05, 4.69) is 0 Å². The number of fused-ring (bicyclic) bond motifs is 5. The molecule has 210 valence electrons. The SMILES string of the molecule is C/C=C/C(=O)OC[C@H]1C2=C(C[C@H]3[C@H]4C5=C(C[C@@H](C(=O)N13)N4C)C(=O)C(C)=C(OC)C5=O)C(=O)C(C)=C(OC)C2=O. The van der Waals surface area contributed by atoms with Crippen LogP contribution in [0.25, 0.3) is 0 Å². The van der Waals surface area contributed by atoms with Crippen molar-refractivity contribution < 1.29 is 43.0 Å². The molecule has 0 radical (unpaired) electrons. The van der Waals surface area contributed by atoms with Crippen LogP contribution in [0.1, 0.15) is 33.6 Å². The lowest BCUT2D eigenvalue weighted by Gasteiger charge is -2.57. The highest BCUT2D eigenvalue weighted by atomic mass is 16.5. The molecule has 4 atom stereocenters. The summed E-state index contributed by atoms with van der Waals surface area (Å²) in [6, 6.07) is -3.47. The van der Waals surface area contributed by atoms with Crippen LogP contribution < -0.4 is 0 Å². The molecule has 3 heterocycles. The Bertz CT molecular complexity index is 1460. The van der Waals surface area contributed by atoms with E-state index in [4.69, 9.17) is 14.2 Å². The molecule has 40 heavy (non-hydrogen) atoms. The van der Waals surface area contributed by atoms with Gasteiger partial charge in [-0.1, -0.05) is 6.08 Å². The zero-order valence-electron chi connectivity index (χ0n) is 23.2. The van der Waals surface area contributed by atoms with Gasteiger partial charge in [-0.05, 0) is 34.2 Å². The topological polar surface area (TPSA) is 137 Å². The van der Waals surface area contributed by atoms with E-state index >= 15 is 0 Å². The Balaban J connectivity index is 1.68. The monoisotopic (exact) mass is 550 g/mol. The van der Waals surface area contributed by atoms with E-state index in [9.17, 15) is 28.8 Å². The van der Waals surface area contributed by atoms with Gasteiger partial charge in [0.05, 0.1) is 38.4 Å². The van der Waals surface area contributed by atoms with Crippen molar-refractivity contribution in [2.45, 2.75) is 57.8 Å². The van der Waals surface area contributed by atoms with Crippen molar-refractivity contribution >= 4 is 35.0 Å². The number of likely N-dealkylation sites (N-methyl/N-ethyl adjacent to an activating group) is 1. The molecule has 2 aliphatic carbocycles. The second kappa shape index (κ2) is 9.81. The number of carbonyl (C=O) groups is 6. The Labute approximate surface area is 230 Å². The average Bonchev–Trinajstić information content (AvgIpc) is 2.92. The third-order valence-electron chi connectivity index (χ3n) is 8.52. The van der Waals surface area contributed by atoms with Gasteiger partial charge in [-0.25, -0.2) is 4.79 Å². The summed E-state index contributed by atoms with van der Waals surface area (Å²) < 4.78 is 16.0. The van der Waals surface area contributed by atoms with Crippen LogP contribution in [0.15, 0.2) is 57.1 Å². The molecule has 0 aromatic heterocycles. The first kappa shape index (κ1) is 27.4. The molecule has 5 rings (SSSR count).